The van der Waals surface area contributed by atoms with Gasteiger partial charge in [-0.3, -0.25) is 0 Å². The number of aromatic amines is 1. The summed E-state index contributed by atoms with van der Waals surface area (Å²) in [6.45, 7) is 13.0. The molecule has 0 saturated carbocycles. The van der Waals surface area contributed by atoms with Crippen molar-refractivity contribution in [3.8, 4) is 0 Å². The Kier molecular flexibility index (Phi) is 5.14. The largest absolute Gasteiger partial charge is 0.372 e. The van der Waals surface area contributed by atoms with E-state index < -0.39 is 0 Å². The van der Waals surface area contributed by atoms with Crippen molar-refractivity contribution in [2.24, 2.45) is 0 Å². The Hall–Kier alpha value is -3.24. The Morgan fingerprint density at radius 3 is 1.76 bits per heavy atom. The fourth-order valence-electron chi connectivity index (χ4n) is 5.56. The maximum atomic E-state index is 3.74. The lowest BCUT2D eigenvalue weighted by Crippen LogP contribution is -2.21. The zero-order valence-corrected chi connectivity index (χ0v) is 21.2. The van der Waals surface area contributed by atoms with E-state index in [1.807, 2.05) is 11.3 Å². The molecule has 0 saturated heterocycles. The monoisotopic (exact) mass is 465 g/mol. The summed E-state index contributed by atoms with van der Waals surface area (Å²) in [5.41, 5.74) is 5.06. The van der Waals surface area contributed by atoms with Crippen molar-refractivity contribution in [1.29, 1.82) is 0 Å². The average Bonchev–Trinajstić information content (AvgIpc) is 3.43. The average molecular weight is 466 g/mol. The second-order valence-corrected chi connectivity index (χ2v) is 10.1. The van der Waals surface area contributed by atoms with Crippen LogP contribution in [0.4, 0.5) is 11.4 Å². The number of aromatic nitrogens is 1. The summed E-state index contributed by atoms with van der Waals surface area (Å²) < 4.78 is 2.74. The first kappa shape index (κ1) is 21.3. The first-order valence-corrected chi connectivity index (χ1v) is 13.3. The van der Waals surface area contributed by atoms with Gasteiger partial charge in [-0.05, 0) is 64.1 Å². The molecule has 0 aliphatic carbocycles. The zero-order chi connectivity index (χ0) is 23.4. The van der Waals surface area contributed by atoms with Crippen molar-refractivity contribution in [3.63, 3.8) is 0 Å². The predicted octanol–water partition coefficient (Wildman–Crippen LogP) is 8.53. The van der Waals surface area contributed by atoms with Crippen LogP contribution in [0.25, 0.3) is 52.8 Å². The van der Waals surface area contributed by atoms with Crippen LogP contribution in [-0.2, 0) is 0 Å². The number of anilines is 2. The van der Waals surface area contributed by atoms with Gasteiger partial charge in [-0.1, -0.05) is 24.3 Å². The van der Waals surface area contributed by atoms with Crippen LogP contribution >= 0.6 is 11.3 Å². The van der Waals surface area contributed by atoms with Crippen molar-refractivity contribution in [3.05, 3.63) is 60.7 Å². The highest BCUT2D eigenvalue weighted by Crippen LogP contribution is 2.42. The summed E-state index contributed by atoms with van der Waals surface area (Å²) in [6.07, 6.45) is 0. The molecule has 172 valence electrons. The minimum absolute atomic E-state index is 1.02. The van der Waals surface area contributed by atoms with Gasteiger partial charge in [0, 0.05) is 84.8 Å². The molecule has 1 N–H and O–H groups in total. The van der Waals surface area contributed by atoms with Gasteiger partial charge in [0.2, 0.25) is 0 Å². The molecule has 2 aromatic heterocycles. The Balaban J connectivity index is 1.58. The molecule has 2 heterocycles. The summed E-state index contributed by atoms with van der Waals surface area (Å²) in [6, 6.07) is 23.1. The van der Waals surface area contributed by atoms with E-state index in [1.54, 1.807) is 0 Å². The van der Waals surface area contributed by atoms with Crippen molar-refractivity contribution < 1.29 is 0 Å². The molecular formula is C30H31N3S. The third-order valence-corrected chi connectivity index (χ3v) is 8.65. The van der Waals surface area contributed by atoms with Gasteiger partial charge in [0.15, 0.2) is 0 Å². The van der Waals surface area contributed by atoms with Crippen LogP contribution in [0.1, 0.15) is 27.7 Å². The van der Waals surface area contributed by atoms with E-state index >= 15 is 0 Å². The maximum absolute atomic E-state index is 3.74. The maximum Gasteiger partial charge on any atom is 0.0545 e. The number of thiophene rings is 1. The summed E-state index contributed by atoms with van der Waals surface area (Å²) >= 11 is 1.92. The number of benzene rings is 4. The minimum Gasteiger partial charge on any atom is -0.372 e. The SMILES string of the molecule is CCN(CC)c1ccc2[nH]c3c(ccc4c3ccc3c5cc(N(CC)CC)ccc5sc34)c2c1. The molecule has 0 spiro atoms. The van der Waals surface area contributed by atoms with E-state index in [0.29, 0.717) is 0 Å². The lowest BCUT2D eigenvalue weighted by Gasteiger charge is -2.21. The van der Waals surface area contributed by atoms with Gasteiger partial charge in [0.05, 0.1) is 5.52 Å². The topological polar surface area (TPSA) is 22.3 Å². The van der Waals surface area contributed by atoms with E-state index in [1.165, 1.54) is 64.1 Å². The predicted molar refractivity (Wildman–Crippen MR) is 153 cm³/mol. The molecule has 6 aromatic rings. The van der Waals surface area contributed by atoms with Gasteiger partial charge in [-0.15, -0.1) is 11.3 Å². The summed E-state index contributed by atoms with van der Waals surface area (Å²) in [5.74, 6) is 0. The van der Waals surface area contributed by atoms with Crippen molar-refractivity contribution in [2.45, 2.75) is 27.7 Å². The van der Waals surface area contributed by atoms with Gasteiger partial charge in [0.25, 0.3) is 0 Å². The first-order chi connectivity index (χ1) is 16.7. The fourth-order valence-corrected chi connectivity index (χ4v) is 6.77. The molecule has 0 bridgehead atoms. The number of H-pyrrole nitrogens is 1. The van der Waals surface area contributed by atoms with Gasteiger partial charge in [-0.25, -0.2) is 0 Å². The van der Waals surface area contributed by atoms with Gasteiger partial charge in [0.1, 0.15) is 0 Å². The Labute approximate surface area is 204 Å². The van der Waals surface area contributed by atoms with Gasteiger partial charge >= 0.3 is 0 Å². The van der Waals surface area contributed by atoms with Gasteiger partial charge < -0.3 is 14.8 Å². The highest BCUT2D eigenvalue weighted by Gasteiger charge is 2.15. The number of rotatable bonds is 6. The molecule has 0 amide bonds. The van der Waals surface area contributed by atoms with Crippen molar-refractivity contribution in [1.82, 2.24) is 4.98 Å². The smallest absolute Gasteiger partial charge is 0.0545 e. The van der Waals surface area contributed by atoms with Gasteiger partial charge in [-0.2, -0.15) is 0 Å². The number of hydrogen-bond donors (Lipinski definition) is 1. The van der Waals surface area contributed by atoms with E-state index in [0.717, 1.165) is 26.2 Å². The van der Waals surface area contributed by atoms with E-state index in [2.05, 4.69) is 103 Å². The van der Waals surface area contributed by atoms with E-state index in [4.69, 9.17) is 0 Å². The Morgan fingerprint density at radius 2 is 1.12 bits per heavy atom. The number of nitrogens with one attached hydrogen (secondary N) is 1. The normalized spacial score (nSPS) is 12.0. The fraction of sp³-hybridized carbons (Fsp3) is 0.267. The molecule has 6 rings (SSSR count). The summed E-state index contributed by atoms with van der Waals surface area (Å²) in [7, 11) is 0. The first-order valence-electron chi connectivity index (χ1n) is 12.5. The minimum atomic E-state index is 1.02. The van der Waals surface area contributed by atoms with E-state index in [-0.39, 0.29) is 0 Å². The molecule has 4 heteroatoms. The van der Waals surface area contributed by atoms with Crippen LogP contribution < -0.4 is 9.80 Å². The Morgan fingerprint density at radius 1 is 0.588 bits per heavy atom. The standard InChI is InChI=1S/C30H31N3S/c1-5-32(6-2)19-9-15-27-25(17-19)22-12-13-23-21(29(22)31-27)11-14-24-26-18-20(33(7-3)8-4)10-16-28(26)34-30(23)24/h9-18,31H,5-8H2,1-4H3. The quantitative estimate of drug-likeness (QED) is 0.266. The lowest BCUT2D eigenvalue weighted by molar-refractivity contribution is 0.867. The molecule has 0 aliphatic heterocycles. The van der Waals surface area contributed by atoms with Crippen LogP contribution in [0, 0.1) is 0 Å². The molecule has 0 fully saturated rings. The van der Waals surface area contributed by atoms with Crippen LogP contribution in [0.3, 0.4) is 0 Å². The van der Waals surface area contributed by atoms with Crippen LogP contribution in [0.2, 0.25) is 0 Å². The summed E-state index contributed by atoms with van der Waals surface area (Å²) in [5, 5.41) is 7.99. The lowest BCUT2D eigenvalue weighted by atomic mass is 10.0. The highest BCUT2D eigenvalue weighted by molar-refractivity contribution is 7.26. The molecule has 0 aliphatic rings. The highest BCUT2D eigenvalue weighted by atomic mass is 32.1. The van der Waals surface area contributed by atoms with Crippen molar-refractivity contribution in [2.75, 3.05) is 36.0 Å². The van der Waals surface area contributed by atoms with Crippen LogP contribution in [-0.4, -0.2) is 31.2 Å². The number of hydrogen-bond acceptors (Lipinski definition) is 3. The van der Waals surface area contributed by atoms with Crippen molar-refractivity contribution >= 4 is 75.5 Å². The summed E-state index contributed by atoms with van der Waals surface area (Å²) in [4.78, 5) is 8.57. The molecule has 4 aromatic carbocycles. The van der Waals surface area contributed by atoms with Crippen LogP contribution in [0.15, 0.2) is 60.7 Å². The van der Waals surface area contributed by atoms with Crippen LogP contribution in [0.5, 0.6) is 0 Å². The third kappa shape index (κ3) is 3.08. The zero-order valence-electron chi connectivity index (χ0n) is 20.4. The number of nitrogens with zero attached hydrogens (tertiary/aromatic N) is 2. The van der Waals surface area contributed by atoms with E-state index in [9.17, 15) is 0 Å². The molecule has 0 unspecified atom stereocenters. The second kappa shape index (κ2) is 8.21. The molecule has 0 radical (unpaired) electrons. The molecule has 3 nitrogen and oxygen atoms in total. The Bertz CT molecular complexity index is 1540. The molecular weight excluding hydrogens is 434 g/mol. The second-order valence-electron chi connectivity index (χ2n) is 9.01. The third-order valence-electron chi connectivity index (χ3n) is 7.43. The number of fused-ring (bicyclic) bond motifs is 9. The molecule has 0 atom stereocenters. The molecule has 34 heavy (non-hydrogen) atoms.